The van der Waals surface area contributed by atoms with Crippen molar-refractivity contribution in [3.05, 3.63) is 228 Å². The van der Waals surface area contributed by atoms with Crippen molar-refractivity contribution in [1.29, 1.82) is 0 Å². The molecule has 76 heavy (non-hydrogen) atoms. The van der Waals surface area contributed by atoms with Crippen molar-refractivity contribution >= 4 is 75.1 Å². The summed E-state index contributed by atoms with van der Waals surface area (Å²) in [4.78, 5) is 10.3. The average Bonchev–Trinajstić information content (AvgIpc) is 4.40. The van der Waals surface area contributed by atoms with Crippen molar-refractivity contribution < 1.29 is 31.5 Å². The molecular weight excluding hydrogens is 1120 g/mol. The van der Waals surface area contributed by atoms with Crippen LogP contribution < -0.4 is 9.55 Å². The van der Waals surface area contributed by atoms with Gasteiger partial charge in [-0.2, -0.15) is 11.3 Å². The number of rotatable bonds is 9. The van der Waals surface area contributed by atoms with E-state index in [9.17, 15) is 0 Å². The summed E-state index contributed by atoms with van der Waals surface area (Å²) in [6, 6.07) is 62.5. The molecule has 0 aliphatic heterocycles. The van der Waals surface area contributed by atoms with Gasteiger partial charge in [0.05, 0.1) is 40.6 Å². The number of nitrogens with zero attached hydrogens (tertiary/aromatic N) is 4. The Balaban J connectivity index is 0.000000207. The number of fused-ring (bicyclic) bond motifs is 8. The third kappa shape index (κ3) is 8.96. The minimum atomic E-state index is -0.387. The standard InChI is InChI=1S/C45H35N2S.C25H25N2.Ir/c1-27(2)33-14-10-15-34(28(3)4)43(33)47-41-19-9-8-18-40(41)46-45(47)37-17-11-16-36-39-25-32-21-20-31-24-30(29-12-6-5-7-13-29)22-23-35(31)38(32)26-42(39)48-44(36)37;1-17(2)20-13-10-14-21(18(3)4)24(20)27-23-16-9-8-15-22(23)26-25(27)19-11-6-5-7-12-19;/h5-16,18-28H,1-4H3;5-11,13-18H,1-4H3;/q2*-1;+3/i5D,6D,7D,12D,13D;;. The molecule has 0 saturated carbocycles. The monoisotopic (exact) mass is 1190 g/mol. The van der Waals surface area contributed by atoms with Crippen LogP contribution in [0.2, 0.25) is 0 Å². The Labute approximate surface area is 471 Å². The van der Waals surface area contributed by atoms with Crippen LogP contribution in [-0.2, 0) is 20.1 Å². The second kappa shape index (κ2) is 20.9. The van der Waals surface area contributed by atoms with E-state index in [1.54, 1.807) is 11.3 Å². The van der Waals surface area contributed by atoms with Gasteiger partial charge < -0.3 is 9.13 Å². The summed E-state index contributed by atoms with van der Waals surface area (Å²) in [6.07, 6.45) is 0. The normalized spacial score (nSPS) is 12.7. The number of hydrogen-bond donors (Lipinski definition) is 0. The van der Waals surface area contributed by atoms with Crippen LogP contribution in [0.4, 0.5) is 0 Å². The predicted octanol–water partition coefficient (Wildman–Crippen LogP) is 18.9. The van der Waals surface area contributed by atoms with E-state index in [0.29, 0.717) is 29.2 Å². The number of aromatic nitrogens is 4. The molecule has 0 atom stereocenters. The first kappa shape index (κ1) is 44.8. The van der Waals surface area contributed by atoms with E-state index in [4.69, 9.17) is 16.8 Å². The van der Waals surface area contributed by atoms with Gasteiger partial charge in [-0.05, 0) is 131 Å². The van der Waals surface area contributed by atoms with Crippen molar-refractivity contribution in [3.63, 3.8) is 0 Å². The molecule has 0 saturated heterocycles. The minimum absolute atomic E-state index is 0. The largest absolute Gasteiger partial charge is 3.00 e. The molecule has 6 heteroatoms. The Kier molecular flexibility index (Phi) is 12.3. The van der Waals surface area contributed by atoms with E-state index in [2.05, 4.69) is 192 Å². The van der Waals surface area contributed by atoms with Crippen molar-refractivity contribution in [2.75, 3.05) is 0 Å². The Morgan fingerprint density at radius 3 is 1.92 bits per heavy atom. The first-order valence-electron chi connectivity index (χ1n) is 28.6. The molecule has 4 nitrogen and oxygen atoms in total. The summed E-state index contributed by atoms with van der Waals surface area (Å²) in [5, 5.41) is 6.52. The number of benzene rings is 10. The molecule has 10 aromatic carbocycles. The molecule has 374 valence electrons. The number of para-hydroxylation sites is 6. The molecular formula is C70H60IrN4S+. The summed E-state index contributed by atoms with van der Waals surface area (Å²) in [7, 11) is 0. The molecule has 0 aliphatic carbocycles. The molecule has 0 bridgehead atoms. The maximum atomic E-state index is 8.51. The fourth-order valence-corrected chi connectivity index (χ4v) is 12.2. The first-order valence-corrected chi connectivity index (χ1v) is 26.9. The van der Waals surface area contributed by atoms with Crippen molar-refractivity contribution in [1.82, 2.24) is 14.5 Å². The summed E-state index contributed by atoms with van der Waals surface area (Å²) >= 11 is 1.76. The second-order valence-electron chi connectivity index (χ2n) is 20.8. The van der Waals surface area contributed by atoms with Gasteiger partial charge in [-0.1, -0.05) is 181 Å². The molecule has 3 aromatic heterocycles. The van der Waals surface area contributed by atoms with Gasteiger partial charge in [-0.3, -0.25) is 9.97 Å². The molecule has 0 amide bonds. The molecule has 0 radical (unpaired) electrons. The van der Waals surface area contributed by atoms with Crippen LogP contribution in [0, 0.1) is 12.1 Å². The van der Waals surface area contributed by atoms with Crippen molar-refractivity contribution in [2.45, 2.75) is 79.1 Å². The van der Waals surface area contributed by atoms with E-state index < -0.39 is 0 Å². The maximum absolute atomic E-state index is 8.51. The average molecular weight is 1190 g/mol. The van der Waals surface area contributed by atoms with Crippen LogP contribution in [0.25, 0.3) is 109 Å². The van der Waals surface area contributed by atoms with Gasteiger partial charge in [0.2, 0.25) is 0 Å². The topological polar surface area (TPSA) is 35.8 Å². The van der Waals surface area contributed by atoms with E-state index in [1.165, 1.54) is 39.0 Å². The van der Waals surface area contributed by atoms with Crippen LogP contribution in [0.5, 0.6) is 0 Å². The Morgan fingerprint density at radius 2 is 1.22 bits per heavy atom. The van der Waals surface area contributed by atoms with Gasteiger partial charge in [0.15, 0.2) is 0 Å². The van der Waals surface area contributed by atoms with E-state index in [0.717, 1.165) is 81.2 Å². The predicted molar refractivity (Wildman–Crippen MR) is 318 cm³/mol. The molecule has 3 heterocycles. The zero-order chi connectivity index (χ0) is 55.8. The van der Waals surface area contributed by atoms with Gasteiger partial charge in [-0.25, -0.2) is 0 Å². The molecule has 13 rings (SSSR count). The third-order valence-electron chi connectivity index (χ3n) is 14.6. The quantitative estimate of drug-likeness (QED) is 0.0820. The molecule has 0 spiro atoms. The molecule has 0 N–H and O–H groups in total. The third-order valence-corrected chi connectivity index (χ3v) is 15.8. The summed E-state index contributed by atoms with van der Waals surface area (Å²) < 4.78 is 48.4. The minimum Gasteiger partial charge on any atom is -0.333 e. The smallest absolute Gasteiger partial charge is 0.333 e. The molecule has 0 aliphatic rings. The van der Waals surface area contributed by atoms with Gasteiger partial charge in [0.1, 0.15) is 0 Å². The Morgan fingerprint density at radius 1 is 0.566 bits per heavy atom. The Bertz CT molecular complexity index is 4490. The molecule has 0 unspecified atom stereocenters. The van der Waals surface area contributed by atoms with Crippen LogP contribution in [-0.4, -0.2) is 9.55 Å². The van der Waals surface area contributed by atoms with Gasteiger partial charge >= 0.3 is 20.1 Å². The first-order chi connectivity index (χ1) is 38.6. The Hall–Kier alpha value is -7.47. The van der Waals surface area contributed by atoms with Gasteiger partial charge in [0, 0.05) is 16.1 Å². The summed E-state index contributed by atoms with van der Waals surface area (Å²) in [5.41, 5.74) is 14.7. The SMILES string of the molecule is CC(C)c1cccc(C(C)C)c1-n1c(-c2[c-]cccc2)nc2ccccc21.[2H]c1c([2H])c([2H])c(-c2ccc3c(ccc4cc5c(cc43)sc3c(-c4[n-]c6ccccc6[n+]4-c4c(C(C)C)cccc4C(C)C)[c-]ccc35)c2)c([2H])c1[2H].[Ir+3]. The number of imidazole rings is 2. The van der Waals surface area contributed by atoms with Gasteiger partial charge in [0.25, 0.3) is 0 Å². The molecule has 0 fully saturated rings. The van der Waals surface area contributed by atoms with E-state index >= 15 is 0 Å². The number of thiophene rings is 1. The van der Waals surface area contributed by atoms with E-state index in [-0.39, 0.29) is 55.9 Å². The van der Waals surface area contributed by atoms with Gasteiger partial charge in [-0.15, -0.1) is 54.1 Å². The van der Waals surface area contributed by atoms with Crippen LogP contribution in [0.1, 0.15) is 108 Å². The van der Waals surface area contributed by atoms with Crippen LogP contribution in [0.3, 0.4) is 0 Å². The zero-order valence-electron chi connectivity index (χ0n) is 48.9. The van der Waals surface area contributed by atoms with Crippen molar-refractivity contribution in [3.8, 4) is 45.3 Å². The fourth-order valence-electron chi connectivity index (χ4n) is 10.9. The molecule has 13 aromatic rings. The summed E-state index contributed by atoms with van der Waals surface area (Å²) in [5.74, 6) is 3.31. The van der Waals surface area contributed by atoms with E-state index in [1.807, 2.05) is 48.5 Å². The van der Waals surface area contributed by atoms with Crippen LogP contribution >= 0.6 is 11.3 Å². The maximum Gasteiger partial charge on any atom is 3.00 e. The fraction of sp³-hybridized carbons (Fsp3) is 0.171. The van der Waals surface area contributed by atoms with Crippen molar-refractivity contribution in [2.24, 2.45) is 0 Å². The second-order valence-corrected chi connectivity index (χ2v) is 21.8. The zero-order valence-corrected chi connectivity index (χ0v) is 47.1. The van der Waals surface area contributed by atoms with Crippen LogP contribution in [0.15, 0.2) is 194 Å². The number of hydrogen-bond acceptors (Lipinski definition) is 2. The summed E-state index contributed by atoms with van der Waals surface area (Å²) in [6.45, 7) is 18.1.